The molecule has 1 aliphatic carbocycles. The van der Waals surface area contributed by atoms with Crippen molar-refractivity contribution in [3.8, 4) is 0 Å². The van der Waals surface area contributed by atoms with Crippen molar-refractivity contribution in [3.05, 3.63) is 48.1 Å². The van der Waals surface area contributed by atoms with Crippen LogP contribution in [0.25, 0.3) is 16.3 Å². The molecular weight excluding hydrogens is 372 g/mol. The van der Waals surface area contributed by atoms with E-state index >= 15 is 0 Å². The number of aliphatic hydroxyl groups is 1. The Morgan fingerprint density at radius 1 is 1.29 bits per heavy atom. The number of carbonyl (C=O) groups is 1. The molecule has 148 valence electrons. The van der Waals surface area contributed by atoms with Crippen LogP contribution in [0, 0.1) is 0 Å². The van der Waals surface area contributed by atoms with Gasteiger partial charge in [-0.2, -0.15) is 11.8 Å². The predicted octanol–water partition coefficient (Wildman–Crippen LogP) is 3.35. The Morgan fingerprint density at radius 2 is 2.00 bits per heavy atom. The first-order valence-corrected chi connectivity index (χ1v) is 10.8. The Kier molecular flexibility index (Phi) is 7.06. The number of aliphatic hydroxyl groups excluding tert-OH is 1. The number of amides is 1. The molecule has 0 aromatic carbocycles. The van der Waals surface area contributed by atoms with Gasteiger partial charge in [-0.15, -0.1) is 0 Å². The summed E-state index contributed by atoms with van der Waals surface area (Å²) in [5, 5.41) is 17.8. The van der Waals surface area contributed by atoms with Gasteiger partial charge < -0.3 is 15.7 Å². The van der Waals surface area contributed by atoms with Crippen LogP contribution < -0.4 is 10.6 Å². The summed E-state index contributed by atoms with van der Waals surface area (Å²) < 4.78 is 0. The Balaban J connectivity index is 0.000000684. The molecule has 6 nitrogen and oxygen atoms in total. The summed E-state index contributed by atoms with van der Waals surface area (Å²) >= 11 is 1.62. The lowest BCUT2D eigenvalue weighted by Crippen LogP contribution is -2.39. The highest BCUT2D eigenvalue weighted by molar-refractivity contribution is 7.98. The molecule has 0 saturated heterocycles. The van der Waals surface area contributed by atoms with Gasteiger partial charge in [0.2, 0.25) is 6.41 Å². The first-order valence-electron chi connectivity index (χ1n) is 9.40. The molecule has 1 amide bonds. The van der Waals surface area contributed by atoms with Crippen LogP contribution in [0.1, 0.15) is 31.9 Å². The van der Waals surface area contributed by atoms with Gasteiger partial charge in [0.05, 0.1) is 17.8 Å². The van der Waals surface area contributed by atoms with E-state index in [1.165, 1.54) is 19.3 Å². The number of rotatable bonds is 6. The molecule has 2 atom stereocenters. The van der Waals surface area contributed by atoms with Crippen LogP contribution >= 0.6 is 11.8 Å². The third kappa shape index (κ3) is 5.33. The second-order valence-corrected chi connectivity index (χ2v) is 7.84. The van der Waals surface area contributed by atoms with Crippen molar-refractivity contribution in [2.75, 3.05) is 17.3 Å². The fourth-order valence-electron chi connectivity index (χ4n) is 2.80. The monoisotopic (exact) mass is 398 g/mol. The molecule has 2 aromatic heterocycles. The fourth-order valence-corrected chi connectivity index (χ4v) is 3.35. The number of thioether (sulfide) groups is 1. The number of aromatic nitrogens is 2. The number of nitrogens with zero attached hydrogens (tertiary/aromatic N) is 2. The largest absolute Gasteiger partial charge is 0.390 e. The van der Waals surface area contributed by atoms with Crippen LogP contribution in [0.5, 0.6) is 0 Å². The van der Waals surface area contributed by atoms with Gasteiger partial charge in [0.1, 0.15) is 5.82 Å². The van der Waals surface area contributed by atoms with Crippen LogP contribution in [-0.4, -0.2) is 45.6 Å². The third-order valence-electron chi connectivity index (χ3n) is 4.47. The van der Waals surface area contributed by atoms with Gasteiger partial charge in [-0.3, -0.25) is 9.78 Å². The smallest absolute Gasteiger partial charge is 0.212 e. The predicted molar refractivity (Wildman–Crippen MR) is 116 cm³/mol. The number of pyridine rings is 2. The highest BCUT2D eigenvalue weighted by Crippen LogP contribution is 2.27. The molecule has 7 heteroatoms. The fraction of sp³-hybridized carbons (Fsp3) is 0.381. The molecule has 2 aromatic rings. The quantitative estimate of drug-likeness (QED) is 0.647. The second-order valence-electron chi connectivity index (χ2n) is 6.93. The first kappa shape index (κ1) is 20.4. The van der Waals surface area contributed by atoms with Crippen molar-refractivity contribution in [1.82, 2.24) is 15.3 Å². The van der Waals surface area contributed by atoms with Crippen LogP contribution in [0.3, 0.4) is 0 Å². The molecule has 0 radical (unpaired) electrons. The van der Waals surface area contributed by atoms with Crippen molar-refractivity contribution < 1.29 is 9.90 Å². The van der Waals surface area contributed by atoms with E-state index in [0.29, 0.717) is 18.0 Å². The summed E-state index contributed by atoms with van der Waals surface area (Å²) in [6.07, 6.45) is 14.1. The Labute approximate surface area is 169 Å². The van der Waals surface area contributed by atoms with E-state index in [-0.39, 0.29) is 6.04 Å². The van der Waals surface area contributed by atoms with Gasteiger partial charge in [-0.05, 0) is 30.9 Å². The molecule has 1 aliphatic heterocycles. The molecule has 1 fully saturated rings. The van der Waals surface area contributed by atoms with Crippen molar-refractivity contribution in [2.45, 2.75) is 38.3 Å². The summed E-state index contributed by atoms with van der Waals surface area (Å²) in [6.45, 7) is 2.02. The minimum atomic E-state index is -0.430. The highest BCUT2D eigenvalue weighted by atomic mass is 32.2. The van der Waals surface area contributed by atoms with Gasteiger partial charge in [-0.25, -0.2) is 4.98 Å². The van der Waals surface area contributed by atoms with Crippen molar-refractivity contribution in [1.29, 1.82) is 0 Å². The Morgan fingerprint density at radius 3 is 2.64 bits per heavy atom. The first-order chi connectivity index (χ1) is 13.6. The third-order valence-corrected chi connectivity index (χ3v) is 5.14. The molecule has 2 aliphatic rings. The van der Waals surface area contributed by atoms with Gasteiger partial charge >= 0.3 is 0 Å². The summed E-state index contributed by atoms with van der Waals surface area (Å²) in [4.78, 5) is 19.2. The lowest BCUT2D eigenvalue weighted by Gasteiger charge is -2.25. The average molecular weight is 399 g/mol. The topological polar surface area (TPSA) is 87.1 Å². The van der Waals surface area contributed by atoms with Gasteiger partial charge in [0, 0.05) is 40.7 Å². The van der Waals surface area contributed by atoms with E-state index < -0.39 is 6.10 Å². The molecule has 0 spiro atoms. The van der Waals surface area contributed by atoms with Crippen molar-refractivity contribution in [3.63, 3.8) is 0 Å². The standard InChI is InChI=1S/C18H20N4O2S.C3H6/c1-11-3-16(17(24)9-25-2)20-8-14(11)15-4-12-7-21-18(22-10-23)5-13(12)6-19-15;1-2-3-1/h3-8,10,16-17,20,24H,9H2,1-2H3,(H,21,22,23);1-3H2. The lowest BCUT2D eigenvalue weighted by molar-refractivity contribution is -0.105. The van der Waals surface area contributed by atoms with Crippen molar-refractivity contribution >= 4 is 40.3 Å². The summed E-state index contributed by atoms with van der Waals surface area (Å²) in [7, 11) is 0. The van der Waals surface area contributed by atoms with Gasteiger partial charge in [0.25, 0.3) is 0 Å². The van der Waals surface area contributed by atoms with Crippen LogP contribution in [-0.2, 0) is 4.79 Å². The normalized spacial score (nSPS) is 18.8. The SMILES string of the molecule is C1CC1.CSCC(O)C1C=C(C)C(c2cc3cnc(NC=O)cc3cn2)=CN1. The van der Waals surface area contributed by atoms with Crippen LogP contribution in [0.2, 0.25) is 0 Å². The zero-order valence-corrected chi connectivity index (χ0v) is 17.0. The zero-order chi connectivity index (χ0) is 19.9. The maximum Gasteiger partial charge on any atom is 0.212 e. The summed E-state index contributed by atoms with van der Waals surface area (Å²) in [6, 6.07) is 3.66. The molecule has 2 unspecified atom stereocenters. The van der Waals surface area contributed by atoms with Crippen molar-refractivity contribution in [2.24, 2.45) is 0 Å². The lowest BCUT2D eigenvalue weighted by atomic mass is 9.96. The number of nitrogens with one attached hydrogen (secondary N) is 2. The van der Waals surface area contributed by atoms with E-state index in [9.17, 15) is 9.90 Å². The minimum absolute atomic E-state index is 0.0877. The van der Waals surface area contributed by atoms with Crippen LogP contribution in [0.4, 0.5) is 5.82 Å². The summed E-state index contributed by atoms with van der Waals surface area (Å²) in [5.41, 5.74) is 2.90. The number of fused-ring (bicyclic) bond motifs is 1. The Hall–Kier alpha value is -2.38. The van der Waals surface area contributed by atoms with E-state index in [1.807, 2.05) is 31.5 Å². The number of anilines is 1. The molecule has 28 heavy (non-hydrogen) atoms. The number of carbonyl (C=O) groups excluding carboxylic acids is 1. The second kappa shape index (κ2) is 9.71. The van der Waals surface area contributed by atoms with Crippen LogP contribution in [0.15, 0.2) is 42.4 Å². The molecule has 3 N–H and O–H groups in total. The maximum atomic E-state index is 10.5. The molecule has 1 saturated carbocycles. The van der Waals surface area contributed by atoms with E-state index in [4.69, 9.17) is 0 Å². The maximum absolute atomic E-state index is 10.5. The molecular formula is C21H26N4O2S. The molecule has 0 bridgehead atoms. The number of dihydropyridines is 1. The number of allylic oxidation sites excluding steroid dienone is 2. The number of hydrogen-bond acceptors (Lipinski definition) is 6. The minimum Gasteiger partial charge on any atom is -0.390 e. The molecule has 3 heterocycles. The zero-order valence-electron chi connectivity index (χ0n) is 16.2. The number of hydrogen-bond donors (Lipinski definition) is 3. The van der Waals surface area contributed by atoms with Gasteiger partial charge in [-0.1, -0.05) is 25.3 Å². The summed E-state index contributed by atoms with van der Waals surface area (Å²) in [5.74, 6) is 1.18. The highest BCUT2D eigenvalue weighted by Gasteiger charge is 2.20. The molecule has 4 rings (SSSR count). The Bertz CT molecular complexity index is 892. The van der Waals surface area contributed by atoms with E-state index in [1.54, 1.807) is 30.2 Å². The van der Waals surface area contributed by atoms with E-state index in [0.717, 1.165) is 27.6 Å². The van der Waals surface area contributed by atoms with E-state index in [2.05, 4.69) is 20.6 Å². The average Bonchev–Trinajstić information content (AvgIpc) is 3.57. The van der Waals surface area contributed by atoms with Gasteiger partial charge in [0.15, 0.2) is 0 Å².